The Morgan fingerprint density at radius 1 is 0.800 bits per heavy atom. The smallest absolute Gasteiger partial charge is 0.308 e. The van der Waals surface area contributed by atoms with E-state index in [1.54, 1.807) is 26.4 Å². The van der Waals surface area contributed by atoms with Crippen LogP contribution >= 0.6 is 0 Å². The van der Waals surface area contributed by atoms with Gasteiger partial charge in [-0.25, -0.2) is 0 Å². The first kappa shape index (κ1) is 21.0. The van der Waals surface area contributed by atoms with Gasteiger partial charge in [-0.15, -0.1) is 0 Å². The van der Waals surface area contributed by atoms with Crippen molar-refractivity contribution in [2.75, 3.05) is 14.2 Å². The molecule has 0 amide bonds. The zero-order valence-electron chi connectivity index (χ0n) is 17.3. The highest BCUT2D eigenvalue weighted by Gasteiger charge is 2.06. The van der Waals surface area contributed by atoms with Crippen LogP contribution in [0.15, 0.2) is 66.7 Å². The minimum Gasteiger partial charge on any atom is -0.497 e. The van der Waals surface area contributed by atoms with Crippen LogP contribution in [0.25, 0.3) is 12.2 Å². The predicted octanol–water partition coefficient (Wildman–Crippen LogP) is 5.38. The van der Waals surface area contributed by atoms with Crippen LogP contribution < -0.4 is 18.9 Å². The molecule has 0 unspecified atom stereocenters. The van der Waals surface area contributed by atoms with Gasteiger partial charge in [0.25, 0.3) is 0 Å². The summed E-state index contributed by atoms with van der Waals surface area (Å²) in [7, 11) is 3.19. The third-order valence-corrected chi connectivity index (χ3v) is 4.29. The highest BCUT2D eigenvalue weighted by Crippen LogP contribution is 2.30. The van der Waals surface area contributed by atoms with Gasteiger partial charge in [0.15, 0.2) is 11.5 Å². The number of rotatable bonds is 8. The first-order valence-electron chi connectivity index (χ1n) is 9.47. The van der Waals surface area contributed by atoms with Gasteiger partial charge < -0.3 is 18.9 Å². The Morgan fingerprint density at radius 2 is 1.53 bits per heavy atom. The lowest BCUT2D eigenvalue weighted by Crippen LogP contribution is -2.01. The van der Waals surface area contributed by atoms with Crippen molar-refractivity contribution >= 4 is 18.1 Å². The van der Waals surface area contributed by atoms with Crippen molar-refractivity contribution in [3.8, 4) is 23.0 Å². The standard InChI is InChI=1S/C25H24O5/c1-18(26)30-23-14-21(13-22(16-23)27-2)10-9-19-11-12-24(25(15-19)28-3)29-17-20-7-5-4-6-8-20/h4-16H,17H2,1-3H3. The Labute approximate surface area is 176 Å². The second-order valence-electron chi connectivity index (χ2n) is 6.55. The molecule has 0 aliphatic carbocycles. The first-order valence-corrected chi connectivity index (χ1v) is 9.47. The van der Waals surface area contributed by atoms with Crippen molar-refractivity contribution in [2.45, 2.75) is 13.5 Å². The molecule has 154 valence electrons. The summed E-state index contributed by atoms with van der Waals surface area (Å²) in [6.45, 7) is 1.83. The SMILES string of the molecule is COc1cc(C=Cc2ccc(OCc3ccccc3)c(OC)c2)cc(OC(C)=O)c1. The van der Waals surface area contributed by atoms with Gasteiger partial charge >= 0.3 is 5.97 Å². The molecule has 0 radical (unpaired) electrons. The average molecular weight is 404 g/mol. The molecule has 0 saturated carbocycles. The van der Waals surface area contributed by atoms with Crippen LogP contribution in [0.5, 0.6) is 23.0 Å². The largest absolute Gasteiger partial charge is 0.497 e. The van der Waals surface area contributed by atoms with Crippen LogP contribution in [0.2, 0.25) is 0 Å². The van der Waals surface area contributed by atoms with E-state index in [1.165, 1.54) is 6.92 Å². The van der Waals surface area contributed by atoms with E-state index >= 15 is 0 Å². The molecule has 5 heteroatoms. The van der Waals surface area contributed by atoms with E-state index in [9.17, 15) is 4.79 Å². The highest BCUT2D eigenvalue weighted by atomic mass is 16.5. The molecule has 3 aromatic carbocycles. The second-order valence-corrected chi connectivity index (χ2v) is 6.55. The number of carbonyl (C=O) groups is 1. The van der Waals surface area contributed by atoms with Crippen LogP contribution in [0.1, 0.15) is 23.6 Å². The van der Waals surface area contributed by atoms with Crippen molar-refractivity contribution in [3.63, 3.8) is 0 Å². The van der Waals surface area contributed by atoms with Crippen molar-refractivity contribution in [3.05, 3.63) is 83.4 Å². The fourth-order valence-electron chi connectivity index (χ4n) is 2.87. The summed E-state index contributed by atoms with van der Waals surface area (Å²) in [6, 6.07) is 21.0. The number of ether oxygens (including phenoxy) is 4. The van der Waals surface area contributed by atoms with Crippen molar-refractivity contribution in [2.24, 2.45) is 0 Å². The first-order chi connectivity index (χ1) is 14.6. The number of benzene rings is 3. The van der Waals surface area contributed by atoms with Gasteiger partial charge in [-0.2, -0.15) is 0 Å². The molecule has 0 N–H and O–H groups in total. The Bertz CT molecular complexity index is 1020. The molecule has 5 nitrogen and oxygen atoms in total. The third kappa shape index (κ3) is 5.88. The van der Waals surface area contributed by atoms with Crippen LogP contribution in [0, 0.1) is 0 Å². The molecule has 30 heavy (non-hydrogen) atoms. The van der Waals surface area contributed by atoms with Crippen molar-refractivity contribution < 1.29 is 23.7 Å². The van der Waals surface area contributed by atoms with Crippen LogP contribution in [0.3, 0.4) is 0 Å². The molecular formula is C25H24O5. The lowest BCUT2D eigenvalue weighted by molar-refractivity contribution is -0.131. The minimum absolute atomic E-state index is 0.381. The fraction of sp³-hybridized carbons (Fsp3) is 0.160. The molecule has 0 aromatic heterocycles. The summed E-state index contributed by atoms with van der Waals surface area (Å²) in [4.78, 5) is 11.2. The van der Waals surface area contributed by atoms with Gasteiger partial charge in [-0.05, 0) is 41.0 Å². The second kappa shape index (κ2) is 10.2. The number of hydrogen-bond acceptors (Lipinski definition) is 5. The summed E-state index contributed by atoms with van der Waals surface area (Å²) in [5.74, 6) is 1.99. The van der Waals surface area contributed by atoms with Gasteiger partial charge in [-0.1, -0.05) is 48.6 Å². The van der Waals surface area contributed by atoms with E-state index in [2.05, 4.69) is 0 Å². The van der Waals surface area contributed by atoms with Crippen LogP contribution in [-0.4, -0.2) is 20.2 Å². The number of carbonyl (C=O) groups excluding carboxylic acids is 1. The highest BCUT2D eigenvalue weighted by molar-refractivity contribution is 5.74. The number of esters is 1. The van der Waals surface area contributed by atoms with E-state index in [0.717, 1.165) is 16.7 Å². The molecule has 0 atom stereocenters. The molecule has 0 heterocycles. The molecule has 3 rings (SSSR count). The Hall–Kier alpha value is -3.73. The normalized spacial score (nSPS) is 10.6. The predicted molar refractivity (Wildman–Crippen MR) is 117 cm³/mol. The molecule has 0 saturated heterocycles. The Kier molecular flexibility index (Phi) is 7.11. The molecule has 0 spiro atoms. The maximum Gasteiger partial charge on any atom is 0.308 e. The minimum atomic E-state index is -0.381. The lowest BCUT2D eigenvalue weighted by atomic mass is 10.1. The molecular weight excluding hydrogens is 380 g/mol. The number of hydrogen-bond donors (Lipinski definition) is 0. The van der Waals surface area contributed by atoms with Gasteiger partial charge in [0, 0.05) is 13.0 Å². The lowest BCUT2D eigenvalue weighted by Gasteiger charge is -2.11. The quantitative estimate of drug-likeness (QED) is 0.287. The van der Waals surface area contributed by atoms with E-state index in [0.29, 0.717) is 29.6 Å². The summed E-state index contributed by atoms with van der Waals surface area (Å²) in [5.41, 5.74) is 2.87. The maximum absolute atomic E-state index is 11.2. The molecule has 0 aliphatic heterocycles. The zero-order valence-corrected chi connectivity index (χ0v) is 17.3. The topological polar surface area (TPSA) is 54.0 Å². The molecule has 0 aliphatic rings. The molecule has 3 aromatic rings. The van der Waals surface area contributed by atoms with Crippen molar-refractivity contribution in [1.29, 1.82) is 0 Å². The zero-order chi connectivity index (χ0) is 21.3. The van der Waals surface area contributed by atoms with E-state index in [4.69, 9.17) is 18.9 Å². The fourth-order valence-corrected chi connectivity index (χ4v) is 2.87. The average Bonchev–Trinajstić information content (AvgIpc) is 2.76. The van der Waals surface area contributed by atoms with E-state index < -0.39 is 0 Å². The Balaban J connectivity index is 1.76. The number of methoxy groups -OCH3 is 2. The van der Waals surface area contributed by atoms with Gasteiger partial charge in [0.05, 0.1) is 14.2 Å². The summed E-state index contributed by atoms with van der Waals surface area (Å²) in [6.07, 6.45) is 3.85. The Morgan fingerprint density at radius 3 is 2.23 bits per heavy atom. The summed E-state index contributed by atoms with van der Waals surface area (Å²) >= 11 is 0. The van der Waals surface area contributed by atoms with Crippen LogP contribution in [-0.2, 0) is 11.4 Å². The van der Waals surface area contributed by atoms with Gasteiger partial charge in [0.2, 0.25) is 0 Å². The van der Waals surface area contributed by atoms with Crippen LogP contribution in [0.4, 0.5) is 0 Å². The maximum atomic E-state index is 11.2. The monoisotopic (exact) mass is 404 g/mol. The molecule has 0 fully saturated rings. The molecule has 0 bridgehead atoms. The third-order valence-electron chi connectivity index (χ3n) is 4.29. The van der Waals surface area contributed by atoms with Gasteiger partial charge in [-0.3, -0.25) is 4.79 Å². The summed E-state index contributed by atoms with van der Waals surface area (Å²) in [5, 5.41) is 0. The summed E-state index contributed by atoms with van der Waals surface area (Å²) < 4.78 is 21.8. The van der Waals surface area contributed by atoms with E-state index in [1.807, 2.05) is 66.7 Å². The van der Waals surface area contributed by atoms with Gasteiger partial charge in [0.1, 0.15) is 18.1 Å². The van der Waals surface area contributed by atoms with E-state index in [-0.39, 0.29) is 5.97 Å². The van der Waals surface area contributed by atoms with Crippen molar-refractivity contribution in [1.82, 2.24) is 0 Å².